The lowest BCUT2D eigenvalue weighted by atomic mass is 10.9. The number of rotatable bonds is 4. The summed E-state index contributed by atoms with van der Waals surface area (Å²) in [4.78, 5) is 0. The molecule has 0 nitrogen and oxygen atoms in total. The fourth-order valence-corrected chi connectivity index (χ4v) is 5.96. The van der Waals surface area contributed by atoms with Crippen LogP contribution in [0.15, 0.2) is 9.28 Å². The zero-order valence-corrected chi connectivity index (χ0v) is 10.9. The molecular weight excluding hydrogens is 289 g/mol. The molecule has 72 valence electrons. The van der Waals surface area contributed by atoms with Crippen LogP contribution >= 0.6 is 22.6 Å². The van der Waals surface area contributed by atoms with Crippen molar-refractivity contribution in [2.45, 2.75) is 38.9 Å². The normalized spacial score (nSPS) is 14.5. The van der Waals surface area contributed by atoms with E-state index in [9.17, 15) is 8.78 Å². The molecule has 0 saturated heterocycles. The van der Waals surface area contributed by atoms with Crippen molar-refractivity contribution >= 4 is 30.7 Å². The molecule has 0 heterocycles. The van der Waals surface area contributed by atoms with Crippen molar-refractivity contribution in [1.29, 1.82) is 0 Å². The lowest BCUT2D eigenvalue weighted by Gasteiger charge is -2.25. The van der Waals surface area contributed by atoms with Crippen molar-refractivity contribution in [2.75, 3.05) is 0 Å². The highest BCUT2D eigenvalue weighted by Crippen LogP contribution is 2.33. The molecule has 4 heteroatoms. The van der Waals surface area contributed by atoms with Gasteiger partial charge in [-0.3, -0.25) is 0 Å². The van der Waals surface area contributed by atoms with E-state index < -0.39 is 17.4 Å². The Hall–Kier alpha value is 0.547. The van der Waals surface area contributed by atoms with Gasteiger partial charge in [-0.1, -0.05) is 38.9 Å². The third-order valence-corrected chi connectivity index (χ3v) is 8.86. The Balaban J connectivity index is 4.84. The smallest absolute Gasteiger partial charge is 0.187 e. The van der Waals surface area contributed by atoms with Crippen molar-refractivity contribution in [1.82, 2.24) is 0 Å². The summed E-state index contributed by atoms with van der Waals surface area (Å²) in [6, 6.07) is 2.38. The summed E-state index contributed by atoms with van der Waals surface area (Å²) in [5, 5.41) is 0. The van der Waals surface area contributed by atoms with E-state index in [1.165, 1.54) is 22.6 Å². The molecule has 0 amide bonds. The molecule has 0 rings (SSSR count). The number of halogens is 3. The first-order valence-corrected chi connectivity index (χ1v) is 7.95. The van der Waals surface area contributed by atoms with Crippen LogP contribution in [0.5, 0.6) is 0 Å². The molecule has 0 atom stereocenters. The van der Waals surface area contributed by atoms with Gasteiger partial charge in [0.2, 0.25) is 0 Å². The molecule has 0 aromatic carbocycles. The molecule has 0 aliphatic rings. The van der Waals surface area contributed by atoms with Crippen LogP contribution < -0.4 is 0 Å². The summed E-state index contributed by atoms with van der Waals surface area (Å²) in [7, 11) is -2.05. The van der Waals surface area contributed by atoms with E-state index in [-0.39, 0.29) is 0 Å². The molecule has 0 aliphatic heterocycles. The Morgan fingerprint density at radius 1 is 1.08 bits per heavy atom. The van der Waals surface area contributed by atoms with Crippen LogP contribution in [0, 0.1) is 0 Å². The summed E-state index contributed by atoms with van der Waals surface area (Å²) in [6.07, 6.45) is 0. The summed E-state index contributed by atoms with van der Waals surface area (Å²) in [5.41, 5.74) is -0.435. The van der Waals surface area contributed by atoms with E-state index in [4.69, 9.17) is 0 Å². The second kappa shape index (κ2) is 5.31. The van der Waals surface area contributed by atoms with Gasteiger partial charge in [-0.05, 0) is 22.6 Å². The molecule has 0 saturated carbocycles. The van der Waals surface area contributed by atoms with Crippen LogP contribution in [0.1, 0.15) is 20.8 Å². The van der Waals surface area contributed by atoms with Crippen LogP contribution in [0.25, 0.3) is 0 Å². The zero-order valence-electron chi connectivity index (χ0n) is 7.76. The number of hydrogen-bond donors (Lipinski definition) is 0. The van der Waals surface area contributed by atoms with Gasteiger partial charge in [0, 0.05) is 0 Å². The fraction of sp³-hybridized carbons (Fsp3) is 0.750. The van der Waals surface area contributed by atoms with Gasteiger partial charge in [0.1, 0.15) is 13.5 Å². The van der Waals surface area contributed by atoms with Gasteiger partial charge in [0.15, 0.2) is 3.83 Å². The first kappa shape index (κ1) is 12.5. The van der Waals surface area contributed by atoms with E-state index >= 15 is 0 Å². The van der Waals surface area contributed by atoms with Crippen LogP contribution in [-0.2, 0) is 0 Å². The summed E-state index contributed by atoms with van der Waals surface area (Å²) >= 11 is 1.44. The molecule has 0 bridgehead atoms. The highest BCUT2D eigenvalue weighted by molar-refractivity contribution is 14.1. The minimum atomic E-state index is -2.05. The first-order chi connectivity index (χ1) is 5.54. The summed E-state index contributed by atoms with van der Waals surface area (Å²) in [6.45, 7) is 5.87. The lowest BCUT2D eigenvalue weighted by Crippen LogP contribution is -2.33. The van der Waals surface area contributed by atoms with Gasteiger partial charge in [-0.15, -0.1) is 0 Å². The minimum Gasteiger partial charge on any atom is -0.214 e. The largest absolute Gasteiger partial charge is 0.214 e. The molecule has 0 aromatic heterocycles. The lowest BCUT2D eigenvalue weighted by molar-refractivity contribution is 0.607. The van der Waals surface area contributed by atoms with Crippen molar-refractivity contribution in [3.63, 3.8) is 0 Å². The minimum absolute atomic E-state index is 0.435. The molecule has 0 aromatic rings. The Bertz CT molecular complexity index is 164. The number of hydrogen-bond acceptors (Lipinski definition) is 0. The van der Waals surface area contributed by atoms with E-state index in [1.54, 1.807) is 0 Å². The van der Waals surface area contributed by atoms with Gasteiger partial charge in [0.05, 0.1) is 0 Å². The highest BCUT2D eigenvalue weighted by Gasteiger charge is 2.34. The predicted octanol–water partition coefficient (Wildman–Crippen LogP) is 4.58. The maximum atomic E-state index is 13.4. The van der Waals surface area contributed by atoms with Crippen molar-refractivity contribution in [2.24, 2.45) is 0 Å². The quantitative estimate of drug-likeness (QED) is 0.527. The van der Waals surface area contributed by atoms with Crippen LogP contribution in [0.2, 0.25) is 18.1 Å². The average molecular weight is 304 g/mol. The molecule has 12 heavy (non-hydrogen) atoms. The molecule has 0 radical (unpaired) electrons. The van der Waals surface area contributed by atoms with Crippen LogP contribution in [0.3, 0.4) is 0 Å². The second-order valence-electron chi connectivity index (χ2n) is 2.92. The standard InChI is InChI=1S/C8H15F2ISi/c1-4-12(5-2,6-3)8(10)7(9)11/h4-6H2,1-3H3/b8-7+. The molecule has 0 aliphatic carbocycles. The van der Waals surface area contributed by atoms with Crippen molar-refractivity contribution < 1.29 is 8.78 Å². The van der Waals surface area contributed by atoms with E-state index in [2.05, 4.69) is 0 Å². The van der Waals surface area contributed by atoms with Crippen molar-refractivity contribution in [3.8, 4) is 0 Å². The SMILES string of the molecule is CC[Si](CC)(CC)/C(F)=C(\F)I. The Morgan fingerprint density at radius 3 is 1.50 bits per heavy atom. The average Bonchev–Trinajstić information content (AvgIpc) is 2.08. The topological polar surface area (TPSA) is 0 Å². The molecular formula is C8H15F2ISi. The van der Waals surface area contributed by atoms with E-state index in [0.29, 0.717) is 0 Å². The van der Waals surface area contributed by atoms with Gasteiger partial charge >= 0.3 is 0 Å². The molecule has 0 fully saturated rings. The second-order valence-corrected chi connectivity index (χ2v) is 8.98. The van der Waals surface area contributed by atoms with Gasteiger partial charge in [-0.25, -0.2) is 4.39 Å². The summed E-state index contributed by atoms with van der Waals surface area (Å²) in [5.74, 6) is 0. The third-order valence-electron chi connectivity index (χ3n) is 2.66. The van der Waals surface area contributed by atoms with Crippen molar-refractivity contribution in [3.05, 3.63) is 9.28 Å². The Labute approximate surface area is 87.6 Å². The summed E-state index contributed by atoms with van der Waals surface area (Å²) < 4.78 is 25.4. The third kappa shape index (κ3) is 2.52. The zero-order chi connectivity index (χ0) is 9.78. The molecule has 0 unspecified atom stereocenters. The maximum Gasteiger partial charge on any atom is 0.187 e. The molecule has 0 spiro atoms. The van der Waals surface area contributed by atoms with Gasteiger partial charge in [-0.2, -0.15) is 4.39 Å². The predicted molar refractivity (Wildman–Crippen MR) is 60.5 cm³/mol. The van der Waals surface area contributed by atoms with E-state index in [1.807, 2.05) is 20.8 Å². The Kier molecular flexibility index (Phi) is 5.56. The van der Waals surface area contributed by atoms with E-state index in [0.717, 1.165) is 18.1 Å². The fourth-order valence-electron chi connectivity index (χ4n) is 1.42. The Morgan fingerprint density at radius 2 is 1.42 bits per heavy atom. The van der Waals surface area contributed by atoms with Gasteiger partial charge in [0.25, 0.3) is 0 Å². The maximum absolute atomic E-state index is 13.4. The van der Waals surface area contributed by atoms with Gasteiger partial charge < -0.3 is 0 Å². The van der Waals surface area contributed by atoms with Crippen LogP contribution in [-0.4, -0.2) is 8.07 Å². The first-order valence-electron chi connectivity index (χ1n) is 4.25. The monoisotopic (exact) mass is 304 g/mol. The highest BCUT2D eigenvalue weighted by atomic mass is 127. The molecule has 0 N–H and O–H groups in total. The van der Waals surface area contributed by atoms with Crippen LogP contribution in [0.4, 0.5) is 8.78 Å².